The van der Waals surface area contributed by atoms with Gasteiger partial charge >= 0.3 is 5.97 Å². The fourth-order valence-corrected chi connectivity index (χ4v) is 3.25. The summed E-state index contributed by atoms with van der Waals surface area (Å²) in [5.74, 6) is -5.06. The van der Waals surface area contributed by atoms with Crippen molar-refractivity contribution >= 4 is 40.3 Å². The fraction of sp³-hybridized carbons (Fsp3) is 0.150. The van der Waals surface area contributed by atoms with Gasteiger partial charge in [0.25, 0.3) is 5.91 Å². The lowest BCUT2D eigenvalue weighted by Crippen LogP contribution is -2.30. The molecule has 1 aromatic heterocycles. The largest absolute Gasteiger partial charge is 0.505 e. The number of hydrogen-bond acceptors (Lipinski definition) is 4. The van der Waals surface area contributed by atoms with Crippen LogP contribution >= 0.6 is 11.6 Å². The second-order valence-electron chi connectivity index (χ2n) is 6.50. The first-order valence-corrected chi connectivity index (χ1v) is 8.98. The van der Waals surface area contributed by atoms with Gasteiger partial charge in [-0.1, -0.05) is 11.6 Å². The maximum atomic E-state index is 14.0. The van der Waals surface area contributed by atoms with Gasteiger partial charge in [0.05, 0.1) is 17.0 Å². The lowest BCUT2D eigenvalue weighted by molar-refractivity contribution is -0.137. The number of hydrogen-bond donors (Lipinski definition) is 3. The van der Waals surface area contributed by atoms with Crippen LogP contribution in [0.2, 0.25) is 5.02 Å². The van der Waals surface area contributed by atoms with Crippen LogP contribution < -0.4 is 5.32 Å². The molecule has 0 saturated heterocycles. The van der Waals surface area contributed by atoms with Gasteiger partial charge < -0.3 is 15.5 Å². The molecule has 0 radical (unpaired) electrons. The van der Waals surface area contributed by atoms with Crippen LogP contribution in [0.15, 0.2) is 30.3 Å². The number of amides is 1. The number of halogens is 3. The first kappa shape index (κ1) is 21.3. The Morgan fingerprint density at radius 3 is 2.47 bits per heavy atom. The molecular weight excluding hydrogens is 422 g/mol. The SMILES string of the molecule is Cc1c(CC(=O)NCC(=O)O)c2cc(O)c(F)cc2n1C(=O)c1ccc(Cl)c(F)c1. The Balaban J connectivity index is 2.14. The molecule has 10 heteroatoms. The van der Waals surface area contributed by atoms with Gasteiger partial charge in [0.2, 0.25) is 5.91 Å². The van der Waals surface area contributed by atoms with E-state index in [-0.39, 0.29) is 39.2 Å². The first-order chi connectivity index (χ1) is 14.1. The average Bonchev–Trinajstić information content (AvgIpc) is 2.93. The number of carbonyl (C=O) groups is 3. The van der Waals surface area contributed by atoms with Gasteiger partial charge in [0.1, 0.15) is 12.4 Å². The highest BCUT2D eigenvalue weighted by Gasteiger charge is 2.23. The number of aromatic hydroxyl groups is 1. The predicted molar refractivity (Wildman–Crippen MR) is 104 cm³/mol. The van der Waals surface area contributed by atoms with Gasteiger partial charge in [0.15, 0.2) is 11.6 Å². The number of carboxylic acids is 1. The average molecular weight is 437 g/mol. The minimum absolute atomic E-state index is 0.0594. The third kappa shape index (κ3) is 3.97. The number of benzene rings is 2. The number of fused-ring (bicyclic) bond motifs is 1. The lowest BCUT2D eigenvalue weighted by atomic mass is 10.1. The van der Waals surface area contributed by atoms with Gasteiger partial charge in [0, 0.05) is 22.7 Å². The van der Waals surface area contributed by atoms with Crippen LogP contribution in [-0.4, -0.2) is 39.1 Å². The van der Waals surface area contributed by atoms with Gasteiger partial charge in [-0.2, -0.15) is 0 Å². The Labute approximate surface area is 173 Å². The third-order valence-corrected chi connectivity index (χ3v) is 4.85. The molecule has 0 atom stereocenters. The number of aromatic nitrogens is 1. The highest BCUT2D eigenvalue weighted by atomic mass is 35.5. The van der Waals surface area contributed by atoms with Crippen molar-refractivity contribution in [2.45, 2.75) is 13.3 Å². The predicted octanol–water partition coefficient (Wildman–Crippen LogP) is 3.02. The molecule has 0 saturated carbocycles. The van der Waals surface area contributed by atoms with Crippen molar-refractivity contribution in [1.82, 2.24) is 9.88 Å². The lowest BCUT2D eigenvalue weighted by Gasteiger charge is -2.08. The zero-order valence-corrected chi connectivity index (χ0v) is 16.3. The topological polar surface area (TPSA) is 109 Å². The van der Waals surface area contributed by atoms with Crippen molar-refractivity contribution in [3.05, 3.63) is 63.8 Å². The zero-order valence-electron chi connectivity index (χ0n) is 15.5. The van der Waals surface area contributed by atoms with E-state index in [9.17, 15) is 28.3 Å². The van der Waals surface area contributed by atoms with Crippen molar-refractivity contribution in [1.29, 1.82) is 0 Å². The Hall–Kier alpha value is -3.46. The molecule has 30 heavy (non-hydrogen) atoms. The molecule has 2 aromatic carbocycles. The Morgan fingerprint density at radius 2 is 1.83 bits per heavy atom. The van der Waals surface area contributed by atoms with Crippen LogP contribution in [0.25, 0.3) is 10.9 Å². The van der Waals surface area contributed by atoms with E-state index in [4.69, 9.17) is 16.7 Å². The Bertz CT molecular complexity index is 1210. The van der Waals surface area contributed by atoms with Crippen molar-refractivity contribution in [3.8, 4) is 5.75 Å². The molecule has 7 nitrogen and oxygen atoms in total. The molecule has 3 rings (SSSR count). The molecule has 0 aliphatic heterocycles. The maximum Gasteiger partial charge on any atom is 0.322 e. The summed E-state index contributed by atoms with van der Waals surface area (Å²) in [5, 5.41) is 20.7. The number of nitrogens with one attached hydrogen (secondary N) is 1. The molecule has 0 fully saturated rings. The molecule has 3 aromatic rings. The van der Waals surface area contributed by atoms with Crippen molar-refractivity contribution < 1.29 is 33.4 Å². The summed E-state index contributed by atoms with van der Waals surface area (Å²) >= 11 is 5.65. The molecular formula is C20H15ClF2N2O5. The molecule has 1 amide bonds. The van der Waals surface area contributed by atoms with E-state index in [1.807, 2.05) is 0 Å². The van der Waals surface area contributed by atoms with E-state index in [1.54, 1.807) is 0 Å². The van der Waals surface area contributed by atoms with Gasteiger partial charge in [-0.3, -0.25) is 19.0 Å². The van der Waals surface area contributed by atoms with Crippen LogP contribution in [0.3, 0.4) is 0 Å². The van der Waals surface area contributed by atoms with Crippen LogP contribution in [0, 0.1) is 18.6 Å². The molecule has 156 valence electrons. The first-order valence-electron chi connectivity index (χ1n) is 8.60. The van der Waals surface area contributed by atoms with Crippen molar-refractivity contribution in [2.75, 3.05) is 6.54 Å². The summed E-state index contributed by atoms with van der Waals surface area (Å²) in [5.41, 5.74) is 0.531. The van der Waals surface area contributed by atoms with Crippen molar-refractivity contribution in [3.63, 3.8) is 0 Å². The highest BCUT2D eigenvalue weighted by molar-refractivity contribution is 6.30. The number of phenols is 1. The molecule has 0 unspecified atom stereocenters. The highest BCUT2D eigenvalue weighted by Crippen LogP contribution is 2.32. The smallest absolute Gasteiger partial charge is 0.322 e. The minimum atomic E-state index is -1.23. The normalized spacial score (nSPS) is 10.9. The van der Waals surface area contributed by atoms with Crippen LogP contribution in [0.5, 0.6) is 5.75 Å². The zero-order chi connectivity index (χ0) is 22.2. The molecule has 0 aliphatic carbocycles. The minimum Gasteiger partial charge on any atom is -0.505 e. The van der Waals surface area contributed by atoms with Gasteiger partial charge in [-0.05, 0) is 36.8 Å². The Morgan fingerprint density at radius 1 is 1.13 bits per heavy atom. The van der Waals surface area contributed by atoms with Crippen LogP contribution in [0.4, 0.5) is 8.78 Å². The quantitative estimate of drug-likeness (QED) is 0.569. The maximum absolute atomic E-state index is 14.0. The fourth-order valence-electron chi connectivity index (χ4n) is 3.13. The van der Waals surface area contributed by atoms with Gasteiger partial charge in [-0.15, -0.1) is 0 Å². The molecule has 1 heterocycles. The second-order valence-corrected chi connectivity index (χ2v) is 6.91. The van der Waals surface area contributed by atoms with E-state index in [0.29, 0.717) is 0 Å². The van der Waals surface area contributed by atoms with Gasteiger partial charge in [-0.25, -0.2) is 8.78 Å². The van der Waals surface area contributed by atoms with E-state index < -0.39 is 41.7 Å². The number of rotatable bonds is 5. The summed E-state index contributed by atoms with van der Waals surface area (Å²) in [4.78, 5) is 35.8. The van der Waals surface area contributed by atoms with Crippen LogP contribution in [0.1, 0.15) is 21.6 Å². The number of aliphatic carboxylic acids is 1. The number of phenolic OH excluding ortho intramolecular Hbond substituents is 1. The monoisotopic (exact) mass is 436 g/mol. The molecule has 0 spiro atoms. The second kappa shape index (κ2) is 8.11. The molecule has 0 aliphatic rings. The standard InChI is InChI=1S/C20H15ClF2N2O5/c1-9-11(6-18(27)24-8-19(28)29)12-5-17(26)15(23)7-16(12)25(9)20(30)10-2-3-13(21)14(22)4-10/h2-5,7,26H,6,8H2,1H3,(H,24,27)(H,28,29). The van der Waals surface area contributed by atoms with Crippen LogP contribution in [-0.2, 0) is 16.0 Å². The number of nitrogens with zero attached hydrogens (tertiary/aromatic N) is 1. The molecule has 0 bridgehead atoms. The third-order valence-electron chi connectivity index (χ3n) is 4.55. The van der Waals surface area contributed by atoms with Crippen molar-refractivity contribution in [2.24, 2.45) is 0 Å². The summed E-state index contributed by atoms with van der Waals surface area (Å²) in [6.45, 7) is 0.901. The summed E-state index contributed by atoms with van der Waals surface area (Å²) in [6, 6.07) is 5.45. The van der Waals surface area contributed by atoms with E-state index in [1.165, 1.54) is 19.1 Å². The van der Waals surface area contributed by atoms with E-state index >= 15 is 0 Å². The summed E-state index contributed by atoms with van der Waals surface area (Å²) in [6.07, 6.45) is -0.323. The number of carbonyl (C=O) groups excluding carboxylic acids is 2. The van der Waals surface area contributed by atoms with E-state index in [2.05, 4.69) is 5.32 Å². The molecule has 3 N–H and O–H groups in total. The van der Waals surface area contributed by atoms with E-state index in [0.717, 1.165) is 22.8 Å². The summed E-state index contributed by atoms with van der Waals surface area (Å²) in [7, 11) is 0. The number of carboxylic acid groups (broad SMARTS) is 1. The Kier molecular flexibility index (Phi) is 5.75. The summed E-state index contributed by atoms with van der Waals surface area (Å²) < 4.78 is 29.0.